The van der Waals surface area contributed by atoms with Crippen molar-refractivity contribution < 1.29 is 14.6 Å². The minimum Gasteiger partial charge on any atom is -0.504 e. The number of rotatable bonds is 4. The number of thioether (sulfide) groups is 1. The topological polar surface area (TPSA) is 70.9 Å². The summed E-state index contributed by atoms with van der Waals surface area (Å²) in [6, 6.07) is 10.9. The lowest BCUT2D eigenvalue weighted by molar-refractivity contribution is -0.115. The van der Waals surface area contributed by atoms with E-state index in [4.69, 9.17) is 4.74 Å². The van der Waals surface area contributed by atoms with E-state index in [1.165, 1.54) is 17.3 Å². The van der Waals surface area contributed by atoms with E-state index >= 15 is 0 Å². The van der Waals surface area contributed by atoms with Gasteiger partial charge in [0.25, 0.3) is 5.91 Å². The summed E-state index contributed by atoms with van der Waals surface area (Å²) in [5.41, 5.74) is 3.94. The Kier molecular flexibility index (Phi) is 5.32. The van der Waals surface area contributed by atoms with Gasteiger partial charge in [0.15, 0.2) is 16.7 Å². The molecule has 0 saturated carbocycles. The molecular formula is C20H20N2O3S. The van der Waals surface area contributed by atoms with Crippen LogP contribution in [0.2, 0.25) is 0 Å². The number of aryl methyl sites for hydroxylation is 2. The van der Waals surface area contributed by atoms with Crippen LogP contribution in [-0.4, -0.2) is 22.8 Å². The zero-order valence-electron chi connectivity index (χ0n) is 14.9. The molecule has 2 aromatic carbocycles. The summed E-state index contributed by atoms with van der Waals surface area (Å²) >= 11 is 1.29. The number of amides is 1. The van der Waals surface area contributed by atoms with Crippen LogP contribution in [0.25, 0.3) is 6.08 Å². The summed E-state index contributed by atoms with van der Waals surface area (Å²) < 4.78 is 5.38. The Morgan fingerprint density at radius 2 is 2.00 bits per heavy atom. The molecule has 3 rings (SSSR count). The lowest BCUT2D eigenvalue weighted by atomic mass is 10.1. The summed E-state index contributed by atoms with van der Waals surface area (Å²) in [6.07, 6.45) is 1.75. The van der Waals surface area contributed by atoms with Gasteiger partial charge in [-0.1, -0.05) is 12.1 Å². The molecule has 0 unspecified atom stereocenters. The average molecular weight is 368 g/mol. The minimum atomic E-state index is -0.191. The van der Waals surface area contributed by atoms with Crippen LogP contribution in [0.5, 0.6) is 11.5 Å². The van der Waals surface area contributed by atoms with Gasteiger partial charge in [-0.3, -0.25) is 4.79 Å². The van der Waals surface area contributed by atoms with E-state index in [1.54, 1.807) is 24.3 Å². The van der Waals surface area contributed by atoms with Gasteiger partial charge in [0.2, 0.25) is 0 Å². The zero-order valence-corrected chi connectivity index (χ0v) is 15.7. The van der Waals surface area contributed by atoms with E-state index in [1.807, 2.05) is 39.0 Å². The van der Waals surface area contributed by atoms with E-state index in [9.17, 15) is 9.90 Å². The number of carbonyl (C=O) groups excluding carboxylic acids is 1. The molecule has 26 heavy (non-hydrogen) atoms. The number of phenols is 1. The van der Waals surface area contributed by atoms with E-state index < -0.39 is 0 Å². The Hall–Kier alpha value is -2.73. The largest absolute Gasteiger partial charge is 0.504 e. The Balaban J connectivity index is 1.83. The number of amidine groups is 1. The first-order chi connectivity index (χ1) is 12.5. The maximum absolute atomic E-state index is 12.2. The van der Waals surface area contributed by atoms with Crippen LogP contribution in [0.1, 0.15) is 23.6 Å². The molecule has 2 aromatic rings. The van der Waals surface area contributed by atoms with Crippen molar-refractivity contribution in [2.24, 2.45) is 4.99 Å². The third-order valence-electron chi connectivity index (χ3n) is 3.95. The zero-order chi connectivity index (χ0) is 18.7. The number of hydrogen-bond acceptors (Lipinski definition) is 5. The van der Waals surface area contributed by atoms with E-state index in [0.29, 0.717) is 22.4 Å². The van der Waals surface area contributed by atoms with Crippen molar-refractivity contribution >= 4 is 34.6 Å². The number of nitrogens with zero attached hydrogens (tertiary/aromatic N) is 1. The third-order valence-corrected chi connectivity index (χ3v) is 4.86. The smallest absolute Gasteiger partial charge is 0.264 e. The molecule has 1 amide bonds. The first-order valence-electron chi connectivity index (χ1n) is 8.29. The molecule has 5 nitrogen and oxygen atoms in total. The Labute approximate surface area is 156 Å². The van der Waals surface area contributed by atoms with E-state index in [-0.39, 0.29) is 11.7 Å². The molecule has 0 aliphatic carbocycles. The van der Waals surface area contributed by atoms with Gasteiger partial charge in [0.05, 0.1) is 17.2 Å². The molecule has 6 heteroatoms. The lowest BCUT2D eigenvalue weighted by Crippen LogP contribution is -2.19. The first kappa shape index (κ1) is 18.1. The second-order valence-electron chi connectivity index (χ2n) is 5.91. The van der Waals surface area contributed by atoms with Crippen molar-refractivity contribution in [3.63, 3.8) is 0 Å². The fourth-order valence-electron chi connectivity index (χ4n) is 2.44. The van der Waals surface area contributed by atoms with Crippen LogP contribution in [0.15, 0.2) is 46.3 Å². The third kappa shape index (κ3) is 4.08. The molecule has 1 saturated heterocycles. The van der Waals surface area contributed by atoms with Crippen molar-refractivity contribution in [1.29, 1.82) is 0 Å². The maximum Gasteiger partial charge on any atom is 0.264 e. The number of carbonyl (C=O) groups is 1. The van der Waals surface area contributed by atoms with Gasteiger partial charge in [-0.2, -0.15) is 0 Å². The van der Waals surface area contributed by atoms with Crippen LogP contribution in [0, 0.1) is 13.8 Å². The Morgan fingerprint density at radius 1 is 1.19 bits per heavy atom. The second-order valence-corrected chi connectivity index (χ2v) is 6.94. The second kappa shape index (κ2) is 7.66. The van der Waals surface area contributed by atoms with Gasteiger partial charge in [-0.25, -0.2) is 4.99 Å². The monoisotopic (exact) mass is 368 g/mol. The number of nitrogens with one attached hydrogen (secondary N) is 1. The number of benzene rings is 2. The highest BCUT2D eigenvalue weighted by molar-refractivity contribution is 8.18. The van der Waals surface area contributed by atoms with Gasteiger partial charge in [0.1, 0.15) is 0 Å². The molecule has 0 spiro atoms. The van der Waals surface area contributed by atoms with Crippen molar-refractivity contribution in [2.75, 3.05) is 6.61 Å². The highest BCUT2D eigenvalue weighted by Crippen LogP contribution is 2.31. The quantitative estimate of drug-likeness (QED) is 0.790. The molecule has 1 aliphatic rings. The summed E-state index contributed by atoms with van der Waals surface area (Å²) in [4.78, 5) is 17.3. The molecule has 1 heterocycles. The molecule has 2 N–H and O–H groups in total. The van der Waals surface area contributed by atoms with Gasteiger partial charge < -0.3 is 15.2 Å². The normalized spacial score (nSPS) is 17.0. The van der Waals surface area contributed by atoms with Crippen molar-refractivity contribution in [1.82, 2.24) is 5.32 Å². The standard InChI is InChI=1S/C20H20N2O3S/c1-4-25-17-10-14(6-8-16(17)23)11-18-19(24)22-20(26-18)21-15-7-5-12(2)13(3)9-15/h5-11,23H,4H2,1-3H3,(H,21,22,24)/b18-11-. The molecule has 1 aliphatic heterocycles. The summed E-state index contributed by atoms with van der Waals surface area (Å²) in [5.74, 6) is 0.285. The fraction of sp³-hybridized carbons (Fsp3) is 0.200. The van der Waals surface area contributed by atoms with Gasteiger partial charge in [-0.05, 0) is 79.6 Å². The summed E-state index contributed by atoms with van der Waals surface area (Å²) in [6.45, 7) is 6.38. The van der Waals surface area contributed by atoms with Gasteiger partial charge >= 0.3 is 0 Å². The molecule has 0 bridgehead atoms. The van der Waals surface area contributed by atoms with Crippen LogP contribution in [0.4, 0.5) is 5.69 Å². The molecule has 0 radical (unpaired) electrons. The number of phenolic OH excluding ortho intramolecular Hbond substituents is 1. The lowest BCUT2D eigenvalue weighted by Gasteiger charge is -2.06. The first-order valence-corrected chi connectivity index (χ1v) is 9.10. The van der Waals surface area contributed by atoms with E-state index in [2.05, 4.69) is 10.3 Å². The van der Waals surface area contributed by atoms with Crippen LogP contribution in [0.3, 0.4) is 0 Å². The van der Waals surface area contributed by atoms with Crippen LogP contribution >= 0.6 is 11.8 Å². The van der Waals surface area contributed by atoms with Crippen molar-refractivity contribution in [2.45, 2.75) is 20.8 Å². The Bertz CT molecular complexity index is 919. The highest BCUT2D eigenvalue weighted by Gasteiger charge is 2.24. The van der Waals surface area contributed by atoms with Crippen molar-refractivity contribution in [3.8, 4) is 11.5 Å². The number of hydrogen-bond donors (Lipinski definition) is 2. The van der Waals surface area contributed by atoms with Crippen LogP contribution in [-0.2, 0) is 4.79 Å². The predicted molar refractivity (Wildman–Crippen MR) is 106 cm³/mol. The molecule has 134 valence electrons. The van der Waals surface area contributed by atoms with Gasteiger partial charge in [0, 0.05) is 0 Å². The number of ether oxygens (including phenoxy) is 1. The summed E-state index contributed by atoms with van der Waals surface area (Å²) in [5, 5.41) is 13.1. The minimum absolute atomic E-state index is 0.0783. The maximum atomic E-state index is 12.2. The van der Waals surface area contributed by atoms with Gasteiger partial charge in [-0.15, -0.1) is 0 Å². The Morgan fingerprint density at radius 3 is 2.73 bits per heavy atom. The fourth-order valence-corrected chi connectivity index (χ4v) is 3.28. The average Bonchev–Trinajstić information content (AvgIpc) is 2.93. The molecule has 0 atom stereocenters. The SMILES string of the molecule is CCOc1cc(/C=C2\SC(=Nc3ccc(C)c(C)c3)NC2=O)ccc1O. The molecular weight excluding hydrogens is 348 g/mol. The highest BCUT2D eigenvalue weighted by atomic mass is 32.2. The summed E-state index contributed by atoms with van der Waals surface area (Å²) in [7, 11) is 0. The number of aromatic hydroxyl groups is 1. The number of aliphatic imine (C=N–C) groups is 1. The molecule has 0 aromatic heterocycles. The van der Waals surface area contributed by atoms with Crippen LogP contribution < -0.4 is 10.1 Å². The predicted octanol–water partition coefficient (Wildman–Crippen LogP) is 4.30. The van der Waals surface area contributed by atoms with Crippen molar-refractivity contribution in [3.05, 3.63) is 58.0 Å². The van der Waals surface area contributed by atoms with E-state index in [0.717, 1.165) is 16.8 Å². The molecule has 1 fully saturated rings.